The van der Waals surface area contributed by atoms with Crippen LogP contribution < -0.4 is 0 Å². The lowest BCUT2D eigenvalue weighted by molar-refractivity contribution is -0.192. The normalized spacial score (nSPS) is 27.6. The van der Waals surface area contributed by atoms with Crippen molar-refractivity contribution in [1.82, 2.24) is 4.90 Å². The zero-order valence-electron chi connectivity index (χ0n) is 14.3. The first-order chi connectivity index (χ1) is 12.7. The molecule has 2 aliphatic heterocycles. The maximum absolute atomic E-state index is 12.6. The Morgan fingerprint density at radius 3 is 2.54 bits per heavy atom. The Bertz CT molecular complexity index is 792. The second-order valence-electron chi connectivity index (χ2n) is 6.57. The van der Waals surface area contributed by atoms with E-state index < -0.39 is 11.8 Å². The van der Waals surface area contributed by atoms with Crippen molar-refractivity contribution >= 4 is 5.91 Å². The van der Waals surface area contributed by atoms with Crippen molar-refractivity contribution in [1.29, 1.82) is 0 Å². The van der Waals surface area contributed by atoms with E-state index in [9.17, 15) is 9.90 Å². The van der Waals surface area contributed by atoms with Crippen molar-refractivity contribution in [3.8, 4) is 0 Å². The number of hydrogen-bond donors (Lipinski definition) is 1. The van der Waals surface area contributed by atoms with Gasteiger partial charge >= 0.3 is 0 Å². The molecule has 134 valence electrons. The Labute approximate surface area is 152 Å². The Morgan fingerprint density at radius 2 is 1.81 bits per heavy atom. The summed E-state index contributed by atoms with van der Waals surface area (Å²) in [4.78, 5) is 14.3. The molecule has 0 aliphatic carbocycles. The molecule has 0 unspecified atom stereocenters. The number of benzene rings is 2. The fourth-order valence-corrected chi connectivity index (χ4v) is 3.61. The zero-order valence-corrected chi connectivity index (χ0v) is 14.3. The molecular weight excluding hydrogens is 330 g/mol. The van der Waals surface area contributed by atoms with E-state index in [1.165, 1.54) is 12.2 Å². The van der Waals surface area contributed by atoms with Crippen molar-refractivity contribution in [3.63, 3.8) is 0 Å². The molecule has 0 saturated carbocycles. The van der Waals surface area contributed by atoms with Crippen molar-refractivity contribution in [2.45, 2.75) is 24.5 Å². The molecule has 2 aromatic carbocycles. The third-order valence-electron chi connectivity index (χ3n) is 4.94. The van der Waals surface area contributed by atoms with Gasteiger partial charge in [0.15, 0.2) is 5.72 Å². The Morgan fingerprint density at radius 1 is 1.12 bits per heavy atom. The average Bonchev–Trinajstić information content (AvgIpc) is 3.08. The van der Waals surface area contributed by atoms with Crippen LogP contribution in [0.1, 0.15) is 17.2 Å². The predicted molar refractivity (Wildman–Crippen MR) is 96.0 cm³/mol. The van der Waals surface area contributed by atoms with E-state index in [0.717, 1.165) is 11.1 Å². The lowest BCUT2D eigenvalue weighted by Gasteiger charge is -2.43. The summed E-state index contributed by atoms with van der Waals surface area (Å²) in [5, 5.41) is 10.6. The van der Waals surface area contributed by atoms with Gasteiger partial charge in [-0.25, -0.2) is 0 Å². The van der Waals surface area contributed by atoms with Gasteiger partial charge in [-0.15, -0.1) is 0 Å². The third kappa shape index (κ3) is 2.94. The van der Waals surface area contributed by atoms with Gasteiger partial charge in [0, 0.05) is 6.08 Å². The summed E-state index contributed by atoms with van der Waals surface area (Å²) in [7, 11) is 0. The van der Waals surface area contributed by atoms with E-state index in [1.54, 1.807) is 4.90 Å². The lowest BCUT2D eigenvalue weighted by Crippen LogP contribution is -2.60. The van der Waals surface area contributed by atoms with Gasteiger partial charge < -0.3 is 14.6 Å². The third-order valence-corrected chi connectivity index (χ3v) is 4.94. The molecule has 4 rings (SSSR count). The standard InChI is InChI=1S/C21H21NO4/c23-19-11-12-20(24)22-18(17-9-5-2-6-10-17)14-26-21(19,22)15-25-13-16-7-3-1-4-8-16/h1-12,18-19,23H,13-15H2/t18-,19-,21-/m1/s1. The van der Waals surface area contributed by atoms with Gasteiger partial charge in [-0.3, -0.25) is 9.69 Å². The first kappa shape index (κ1) is 17.0. The van der Waals surface area contributed by atoms with Crippen molar-refractivity contribution in [3.05, 3.63) is 83.9 Å². The highest BCUT2D eigenvalue weighted by Crippen LogP contribution is 2.42. The highest BCUT2D eigenvalue weighted by atomic mass is 16.6. The number of nitrogens with zero attached hydrogens (tertiary/aromatic N) is 1. The predicted octanol–water partition coefficient (Wildman–Crippen LogP) is 2.43. The Hall–Kier alpha value is -2.47. The van der Waals surface area contributed by atoms with Crippen LogP contribution in [0.3, 0.4) is 0 Å². The maximum atomic E-state index is 12.6. The van der Waals surface area contributed by atoms with Gasteiger partial charge in [0.1, 0.15) is 6.10 Å². The number of carbonyl (C=O) groups is 1. The zero-order chi connectivity index (χ0) is 18.0. The molecular formula is C21H21NO4. The molecule has 26 heavy (non-hydrogen) atoms. The highest BCUT2D eigenvalue weighted by Gasteiger charge is 2.56. The summed E-state index contributed by atoms with van der Waals surface area (Å²) in [6.07, 6.45) is 1.95. The van der Waals surface area contributed by atoms with Crippen LogP contribution in [0.5, 0.6) is 0 Å². The minimum absolute atomic E-state index is 0.0997. The molecule has 0 bridgehead atoms. The average molecular weight is 351 g/mol. The Balaban J connectivity index is 1.57. The van der Waals surface area contributed by atoms with E-state index in [4.69, 9.17) is 9.47 Å². The number of fused-ring (bicyclic) bond motifs is 1. The number of hydrogen-bond acceptors (Lipinski definition) is 4. The van der Waals surface area contributed by atoms with Gasteiger partial charge in [-0.1, -0.05) is 60.7 Å². The first-order valence-electron chi connectivity index (χ1n) is 8.71. The lowest BCUT2D eigenvalue weighted by atomic mass is 9.97. The molecule has 1 saturated heterocycles. The largest absolute Gasteiger partial charge is 0.384 e. The monoisotopic (exact) mass is 351 g/mol. The summed E-state index contributed by atoms with van der Waals surface area (Å²) in [6.45, 7) is 0.812. The van der Waals surface area contributed by atoms with Crippen molar-refractivity contribution in [2.75, 3.05) is 13.2 Å². The molecule has 1 amide bonds. The molecule has 5 heteroatoms. The number of aliphatic hydroxyl groups is 1. The van der Waals surface area contributed by atoms with E-state index in [1.807, 2.05) is 60.7 Å². The van der Waals surface area contributed by atoms with Crippen LogP contribution in [0.2, 0.25) is 0 Å². The first-order valence-corrected chi connectivity index (χ1v) is 8.71. The van der Waals surface area contributed by atoms with Crippen LogP contribution in [-0.2, 0) is 20.9 Å². The molecule has 5 nitrogen and oxygen atoms in total. The molecule has 2 aromatic rings. The summed E-state index contributed by atoms with van der Waals surface area (Å²) in [5.74, 6) is -0.176. The van der Waals surface area contributed by atoms with Gasteiger partial charge in [0.25, 0.3) is 0 Å². The SMILES string of the molecule is O=C1C=C[C@@H](O)[C@@]2(COCc3ccccc3)OC[C@H](c3ccccc3)N12. The van der Waals surface area contributed by atoms with Crippen molar-refractivity contribution < 1.29 is 19.4 Å². The fraction of sp³-hybridized carbons (Fsp3) is 0.286. The highest BCUT2D eigenvalue weighted by molar-refractivity contribution is 5.90. The quantitative estimate of drug-likeness (QED) is 0.899. The van der Waals surface area contributed by atoms with E-state index >= 15 is 0 Å². The molecule has 2 heterocycles. The smallest absolute Gasteiger partial charge is 0.249 e. The molecule has 0 aromatic heterocycles. The number of ether oxygens (including phenoxy) is 2. The fourth-order valence-electron chi connectivity index (χ4n) is 3.61. The number of amides is 1. The Kier molecular flexibility index (Phi) is 4.59. The molecule has 3 atom stereocenters. The van der Waals surface area contributed by atoms with Gasteiger partial charge in [0.05, 0.1) is 25.9 Å². The van der Waals surface area contributed by atoms with Crippen LogP contribution >= 0.6 is 0 Å². The topological polar surface area (TPSA) is 59.0 Å². The number of rotatable bonds is 5. The molecule has 2 aliphatic rings. The van der Waals surface area contributed by atoms with E-state index in [2.05, 4.69) is 0 Å². The summed E-state index contributed by atoms with van der Waals surface area (Å²) in [6, 6.07) is 19.3. The minimum atomic E-state index is -1.19. The van der Waals surface area contributed by atoms with E-state index in [-0.39, 0.29) is 18.6 Å². The van der Waals surface area contributed by atoms with Gasteiger partial charge in [0.2, 0.25) is 5.91 Å². The molecule has 0 spiro atoms. The van der Waals surface area contributed by atoms with Crippen LogP contribution in [0.4, 0.5) is 0 Å². The number of aliphatic hydroxyl groups excluding tert-OH is 1. The molecule has 1 N–H and O–H groups in total. The van der Waals surface area contributed by atoms with Crippen molar-refractivity contribution in [2.24, 2.45) is 0 Å². The van der Waals surface area contributed by atoms with Crippen LogP contribution in [0, 0.1) is 0 Å². The molecule has 0 radical (unpaired) electrons. The van der Waals surface area contributed by atoms with Crippen LogP contribution in [0.25, 0.3) is 0 Å². The number of carbonyl (C=O) groups excluding carboxylic acids is 1. The summed E-state index contributed by atoms with van der Waals surface area (Å²) >= 11 is 0. The van der Waals surface area contributed by atoms with E-state index in [0.29, 0.717) is 13.2 Å². The van der Waals surface area contributed by atoms with Gasteiger partial charge in [-0.2, -0.15) is 0 Å². The second-order valence-corrected chi connectivity index (χ2v) is 6.57. The second kappa shape index (κ2) is 7.03. The maximum Gasteiger partial charge on any atom is 0.249 e. The van der Waals surface area contributed by atoms with Crippen LogP contribution in [0.15, 0.2) is 72.8 Å². The summed E-state index contributed by atoms with van der Waals surface area (Å²) < 4.78 is 11.9. The minimum Gasteiger partial charge on any atom is -0.384 e. The van der Waals surface area contributed by atoms with Gasteiger partial charge in [-0.05, 0) is 17.2 Å². The molecule has 1 fully saturated rings. The van der Waals surface area contributed by atoms with Crippen LogP contribution in [-0.4, -0.2) is 41.0 Å². The summed E-state index contributed by atoms with van der Waals surface area (Å²) in [5.41, 5.74) is 0.815.